The molecule has 0 spiro atoms. The number of aromatic nitrogens is 1. The first-order valence-corrected chi connectivity index (χ1v) is 6.37. The molecule has 0 radical (unpaired) electrons. The minimum Gasteiger partial charge on any atom is -0.439 e. The van der Waals surface area contributed by atoms with Crippen molar-refractivity contribution in [2.75, 3.05) is 0 Å². The molecule has 3 N–H and O–H groups in total. The lowest BCUT2D eigenvalue weighted by Crippen LogP contribution is -2.17. The SMILES string of the molecule is N/C(=N/O)c1nc(Oc2ccc(Br)cc2)ccc1[N+](=O)[O-]. The molecule has 0 fully saturated rings. The van der Waals surface area contributed by atoms with Gasteiger partial charge < -0.3 is 15.7 Å². The Hall–Kier alpha value is -2.68. The quantitative estimate of drug-likeness (QED) is 0.286. The van der Waals surface area contributed by atoms with E-state index in [0.29, 0.717) is 5.75 Å². The maximum atomic E-state index is 10.9. The number of nitrogens with two attached hydrogens (primary N) is 1. The number of rotatable bonds is 4. The summed E-state index contributed by atoms with van der Waals surface area (Å²) in [7, 11) is 0. The van der Waals surface area contributed by atoms with E-state index in [-0.39, 0.29) is 17.3 Å². The maximum Gasteiger partial charge on any atom is 0.299 e. The first kappa shape index (κ1) is 14.7. The highest BCUT2D eigenvalue weighted by atomic mass is 79.9. The van der Waals surface area contributed by atoms with Crippen LogP contribution in [0, 0.1) is 10.1 Å². The largest absolute Gasteiger partial charge is 0.439 e. The van der Waals surface area contributed by atoms with Crippen LogP contribution in [0.1, 0.15) is 5.69 Å². The minimum absolute atomic E-state index is 0.0875. The van der Waals surface area contributed by atoms with Crippen LogP contribution in [0.4, 0.5) is 5.69 Å². The third kappa shape index (κ3) is 3.45. The van der Waals surface area contributed by atoms with Crippen LogP contribution in [0.15, 0.2) is 46.0 Å². The average molecular weight is 353 g/mol. The van der Waals surface area contributed by atoms with E-state index in [1.54, 1.807) is 24.3 Å². The summed E-state index contributed by atoms with van der Waals surface area (Å²) >= 11 is 3.29. The van der Waals surface area contributed by atoms with Crippen LogP contribution in [-0.4, -0.2) is 21.0 Å². The van der Waals surface area contributed by atoms with Gasteiger partial charge in [-0.1, -0.05) is 21.1 Å². The molecule has 0 amide bonds. The van der Waals surface area contributed by atoms with Crippen molar-refractivity contribution < 1.29 is 14.9 Å². The molecule has 0 unspecified atom stereocenters. The van der Waals surface area contributed by atoms with Gasteiger partial charge in [-0.3, -0.25) is 10.1 Å². The van der Waals surface area contributed by atoms with E-state index in [9.17, 15) is 10.1 Å². The van der Waals surface area contributed by atoms with E-state index < -0.39 is 10.8 Å². The van der Waals surface area contributed by atoms with E-state index in [0.717, 1.165) is 4.47 Å². The van der Waals surface area contributed by atoms with Gasteiger partial charge in [0.1, 0.15) is 5.75 Å². The minimum atomic E-state index is -0.677. The van der Waals surface area contributed by atoms with Gasteiger partial charge in [-0.2, -0.15) is 0 Å². The first-order valence-electron chi connectivity index (χ1n) is 5.58. The molecule has 108 valence electrons. The van der Waals surface area contributed by atoms with E-state index in [4.69, 9.17) is 15.7 Å². The molecule has 0 aliphatic rings. The van der Waals surface area contributed by atoms with E-state index >= 15 is 0 Å². The van der Waals surface area contributed by atoms with Crippen molar-refractivity contribution in [3.63, 3.8) is 0 Å². The van der Waals surface area contributed by atoms with Gasteiger partial charge in [0.15, 0.2) is 11.5 Å². The summed E-state index contributed by atoms with van der Waals surface area (Å²) in [5.41, 5.74) is 4.74. The van der Waals surface area contributed by atoms with Crippen molar-refractivity contribution in [2.24, 2.45) is 10.9 Å². The van der Waals surface area contributed by atoms with Crippen LogP contribution < -0.4 is 10.5 Å². The number of ether oxygens (including phenoxy) is 1. The van der Waals surface area contributed by atoms with E-state index in [1.165, 1.54) is 12.1 Å². The Kier molecular flexibility index (Phi) is 4.33. The second kappa shape index (κ2) is 6.18. The van der Waals surface area contributed by atoms with Gasteiger partial charge in [0.05, 0.1) is 4.92 Å². The highest BCUT2D eigenvalue weighted by Gasteiger charge is 2.20. The lowest BCUT2D eigenvalue weighted by Gasteiger charge is -2.06. The van der Waals surface area contributed by atoms with Crippen LogP contribution in [-0.2, 0) is 0 Å². The molecule has 1 heterocycles. The Morgan fingerprint density at radius 2 is 2.00 bits per heavy atom. The van der Waals surface area contributed by atoms with Gasteiger partial charge >= 0.3 is 0 Å². The second-order valence-electron chi connectivity index (χ2n) is 3.82. The molecule has 2 rings (SSSR count). The highest BCUT2D eigenvalue weighted by Crippen LogP contribution is 2.25. The normalized spacial score (nSPS) is 11.2. The van der Waals surface area contributed by atoms with Crippen LogP contribution in [0.3, 0.4) is 0 Å². The predicted octanol–water partition coefficient (Wildman–Crippen LogP) is 2.64. The molecule has 1 aromatic carbocycles. The maximum absolute atomic E-state index is 10.9. The standard InChI is InChI=1S/C12H9BrN4O4/c13-7-1-3-8(4-2-7)21-10-6-5-9(17(19)20)11(15-10)12(14)16-18/h1-6,18H,(H2,14,16). The summed E-state index contributed by atoms with van der Waals surface area (Å²) in [6.07, 6.45) is 0. The molecule has 8 nitrogen and oxygen atoms in total. The van der Waals surface area contributed by atoms with Crippen molar-refractivity contribution >= 4 is 27.5 Å². The lowest BCUT2D eigenvalue weighted by atomic mass is 10.3. The van der Waals surface area contributed by atoms with Gasteiger partial charge in [0, 0.05) is 16.6 Å². The highest BCUT2D eigenvalue weighted by molar-refractivity contribution is 9.10. The van der Waals surface area contributed by atoms with Crippen LogP contribution in [0.25, 0.3) is 0 Å². The molecule has 0 atom stereocenters. The van der Waals surface area contributed by atoms with Gasteiger partial charge in [-0.05, 0) is 24.3 Å². The summed E-state index contributed by atoms with van der Waals surface area (Å²) in [5.74, 6) is 0.109. The number of halogens is 1. The van der Waals surface area contributed by atoms with Crippen molar-refractivity contribution in [1.29, 1.82) is 0 Å². The van der Waals surface area contributed by atoms with Crippen molar-refractivity contribution in [1.82, 2.24) is 4.98 Å². The third-order valence-corrected chi connectivity index (χ3v) is 2.96. The second-order valence-corrected chi connectivity index (χ2v) is 4.73. The monoisotopic (exact) mass is 352 g/mol. The lowest BCUT2D eigenvalue weighted by molar-refractivity contribution is -0.385. The third-order valence-electron chi connectivity index (χ3n) is 2.43. The molecule has 0 saturated heterocycles. The van der Waals surface area contributed by atoms with Gasteiger partial charge in [0.2, 0.25) is 5.88 Å². The molecule has 9 heteroatoms. The Morgan fingerprint density at radius 3 is 2.57 bits per heavy atom. The number of hydrogen-bond donors (Lipinski definition) is 2. The molecule has 0 aliphatic carbocycles. The molecule has 0 bridgehead atoms. The number of pyridine rings is 1. The molecular formula is C12H9BrN4O4. The summed E-state index contributed by atoms with van der Waals surface area (Å²) in [6, 6.07) is 9.42. The van der Waals surface area contributed by atoms with Crippen LogP contribution in [0.2, 0.25) is 0 Å². The number of amidine groups is 1. The smallest absolute Gasteiger partial charge is 0.299 e. The Morgan fingerprint density at radius 1 is 1.33 bits per heavy atom. The average Bonchev–Trinajstić information content (AvgIpc) is 2.48. The molecular weight excluding hydrogens is 344 g/mol. The fourth-order valence-electron chi connectivity index (χ4n) is 1.50. The fraction of sp³-hybridized carbons (Fsp3) is 0. The Labute approximate surface area is 127 Å². The van der Waals surface area contributed by atoms with E-state index in [1.807, 2.05) is 0 Å². The van der Waals surface area contributed by atoms with E-state index in [2.05, 4.69) is 26.1 Å². The summed E-state index contributed by atoms with van der Waals surface area (Å²) in [5, 5.41) is 22.3. The van der Waals surface area contributed by atoms with Gasteiger partial charge in [0.25, 0.3) is 5.69 Å². The first-order chi connectivity index (χ1) is 10.0. The summed E-state index contributed by atoms with van der Waals surface area (Å²) in [6.45, 7) is 0. The fourth-order valence-corrected chi connectivity index (χ4v) is 1.76. The Bertz CT molecular complexity index is 703. The van der Waals surface area contributed by atoms with Crippen LogP contribution >= 0.6 is 15.9 Å². The number of nitrogens with zero attached hydrogens (tertiary/aromatic N) is 3. The summed E-state index contributed by atoms with van der Waals surface area (Å²) < 4.78 is 6.34. The number of nitro groups is 1. The molecule has 0 aliphatic heterocycles. The molecule has 21 heavy (non-hydrogen) atoms. The van der Waals surface area contributed by atoms with Crippen molar-refractivity contribution in [3.05, 3.63) is 56.7 Å². The molecule has 1 aromatic heterocycles. The molecule has 2 aromatic rings. The zero-order chi connectivity index (χ0) is 15.4. The van der Waals surface area contributed by atoms with Crippen molar-refractivity contribution in [3.8, 4) is 11.6 Å². The van der Waals surface area contributed by atoms with Gasteiger partial charge in [-0.15, -0.1) is 0 Å². The molecule has 0 saturated carbocycles. The topological polar surface area (TPSA) is 124 Å². The number of benzene rings is 1. The van der Waals surface area contributed by atoms with Gasteiger partial charge in [-0.25, -0.2) is 4.98 Å². The predicted molar refractivity (Wildman–Crippen MR) is 77.6 cm³/mol. The van der Waals surface area contributed by atoms with Crippen LogP contribution in [0.5, 0.6) is 11.6 Å². The summed E-state index contributed by atoms with van der Waals surface area (Å²) in [4.78, 5) is 14.1. The zero-order valence-corrected chi connectivity index (χ0v) is 12.0. The van der Waals surface area contributed by atoms with Crippen molar-refractivity contribution in [2.45, 2.75) is 0 Å². The number of hydrogen-bond acceptors (Lipinski definition) is 6. The Balaban J connectivity index is 2.37. The number of oxime groups is 1. The zero-order valence-electron chi connectivity index (χ0n) is 10.4.